The summed E-state index contributed by atoms with van der Waals surface area (Å²) in [5.41, 5.74) is 2.63. The Morgan fingerprint density at radius 1 is 1.09 bits per heavy atom. The number of hydrogen-bond donors (Lipinski definition) is 2. The van der Waals surface area contributed by atoms with Gasteiger partial charge in [-0.2, -0.15) is 0 Å². The van der Waals surface area contributed by atoms with Gasteiger partial charge >= 0.3 is 0 Å². The molecule has 32 heavy (non-hydrogen) atoms. The van der Waals surface area contributed by atoms with Gasteiger partial charge in [0.2, 0.25) is 15.9 Å². The van der Waals surface area contributed by atoms with Crippen LogP contribution in [0.5, 0.6) is 0 Å². The van der Waals surface area contributed by atoms with E-state index in [1.165, 1.54) is 12.1 Å². The highest BCUT2D eigenvalue weighted by Crippen LogP contribution is 2.32. The van der Waals surface area contributed by atoms with Crippen LogP contribution in [0.2, 0.25) is 0 Å². The molecule has 2 aromatic rings. The number of rotatable bonds is 6. The van der Waals surface area contributed by atoms with E-state index < -0.39 is 10.0 Å². The fraction of sp³-hybridized carbons (Fsp3) is 0.375. The molecule has 0 aromatic heterocycles. The molecule has 0 aliphatic heterocycles. The van der Waals surface area contributed by atoms with Gasteiger partial charge in [0.25, 0.3) is 0 Å². The van der Waals surface area contributed by atoms with Gasteiger partial charge in [0, 0.05) is 17.0 Å². The third-order valence-corrected chi connectivity index (χ3v) is 8.17. The van der Waals surface area contributed by atoms with Crippen LogP contribution in [0.4, 0.5) is 4.39 Å². The lowest BCUT2D eigenvalue weighted by Gasteiger charge is -2.29. The van der Waals surface area contributed by atoms with Gasteiger partial charge in [0.1, 0.15) is 5.82 Å². The maximum atomic E-state index is 13.1. The van der Waals surface area contributed by atoms with Crippen molar-refractivity contribution in [3.63, 3.8) is 0 Å². The standard InChI is InChI=1S/C24H26ClFN2O3S/c1-15(16-2-7-19(26)8-3-16)27-24(29)17-4-9-20(10-5-17)28-32(30,31)21-11-12-22-18(14-21)6-13-23(22)25/h2-3,7-8,11-15,17,20,28H,4-6,9-10H2,1H3,(H,27,29)/t15-,17?,20?/m1/s1. The normalized spacial score (nSPS) is 21.5. The van der Waals surface area contributed by atoms with Crippen molar-refractivity contribution in [2.24, 2.45) is 5.92 Å². The van der Waals surface area contributed by atoms with E-state index in [0.29, 0.717) is 37.1 Å². The molecular formula is C24H26ClFN2O3S. The third-order valence-electron chi connectivity index (χ3n) is 6.29. The second-order valence-electron chi connectivity index (χ2n) is 8.53. The number of hydrogen-bond acceptors (Lipinski definition) is 3. The van der Waals surface area contributed by atoms with E-state index in [1.54, 1.807) is 30.3 Å². The molecule has 0 bridgehead atoms. The molecule has 0 spiro atoms. The molecule has 1 atom stereocenters. The van der Waals surface area contributed by atoms with Crippen LogP contribution in [0.3, 0.4) is 0 Å². The van der Waals surface area contributed by atoms with Crippen LogP contribution in [-0.4, -0.2) is 20.4 Å². The number of nitrogens with one attached hydrogen (secondary N) is 2. The highest BCUT2D eigenvalue weighted by molar-refractivity contribution is 7.89. The Kier molecular flexibility index (Phi) is 6.70. The molecule has 2 aromatic carbocycles. The highest BCUT2D eigenvalue weighted by atomic mass is 35.5. The second-order valence-corrected chi connectivity index (χ2v) is 10.6. The Morgan fingerprint density at radius 3 is 2.47 bits per heavy atom. The summed E-state index contributed by atoms with van der Waals surface area (Å²) >= 11 is 6.12. The second kappa shape index (κ2) is 9.33. The van der Waals surface area contributed by atoms with Gasteiger partial charge in [0.05, 0.1) is 10.9 Å². The van der Waals surface area contributed by atoms with Crippen molar-refractivity contribution in [2.45, 2.75) is 56.0 Å². The Morgan fingerprint density at radius 2 is 1.78 bits per heavy atom. The molecule has 1 fully saturated rings. The highest BCUT2D eigenvalue weighted by Gasteiger charge is 2.30. The van der Waals surface area contributed by atoms with Gasteiger partial charge in [-0.3, -0.25) is 4.79 Å². The first-order valence-corrected chi connectivity index (χ1v) is 12.7. The third kappa shape index (κ3) is 5.05. The van der Waals surface area contributed by atoms with Gasteiger partial charge in [-0.25, -0.2) is 17.5 Å². The van der Waals surface area contributed by atoms with Crippen LogP contribution in [0.25, 0.3) is 5.03 Å². The quantitative estimate of drug-likeness (QED) is 0.635. The largest absolute Gasteiger partial charge is 0.349 e. The topological polar surface area (TPSA) is 75.3 Å². The number of sulfonamides is 1. The Balaban J connectivity index is 1.30. The summed E-state index contributed by atoms with van der Waals surface area (Å²) in [6.07, 6.45) is 4.92. The fourth-order valence-electron chi connectivity index (χ4n) is 4.38. The average Bonchev–Trinajstić information content (AvgIpc) is 3.14. The van der Waals surface area contributed by atoms with Crippen LogP contribution >= 0.6 is 11.6 Å². The number of halogens is 2. The van der Waals surface area contributed by atoms with E-state index in [0.717, 1.165) is 16.7 Å². The van der Waals surface area contributed by atoms with E-state index in [-0.39, 0.29) is 34.6 Å². The maximum absolute atomic E-state index is 13.1. The van der Waals surface area contributed by atoms with Crippen LogP contribution in [0, 0.1) is 11.7 Å². The molecule has 4 rings (SSSR count). The first-order valence-electron chi connectivity index (χ1n) is 10.8. The lowest BCUT2D eigenvalue weighted by Crippen LogP contribution is -2.41. The van der Waals surface area contributed by atoms with Gasteiger partial charge < -0.3 is 5.32 Å². The molecule has 0 saturated heterocycles. The minimum absolute atomic E-state index is 0.0499. The number of carbonyl (C=O) groups is 1. The Bertz CT molecular complexity index is 1140. The molecule has 2 N–H and O–H groups in total. The van der Waals surface area contributed by atoms with E-state index in [9.17, 15) is 17.6 Å². The minimum Gasteiger partial charge on any atom is -0.349 e. The molecule has 5 nitrogen and oxygen atoms in total. The predicted octanol–water partition coefficient (Wildman–Crippen LogP) is 4.68. The van der Waals surface area contributed by atoms with Gasteiger partial charge in [-0.1, -0.05) is 35.9 Å². The molecule has 8 heteroatoms. The van der Waals surface area contributed by atoms with Crippen molar-refractivity contribution in [1.29, 1.82) is 0 Å². The molecule has 2 aliphatic carbocycles. The molecule has 1 amide bonds. The molecule has 0 heterocycles. The molecule has 170 valence electrons. The smallest absolute Gasteiger partial charge is 0.240 e. The zero-order valence-corrected chi connectivity index (χ0v) is 19.3. The van der Waals surface area contributed by atoms with E-state index in [2.05, 4.69) is 10.0 Å². The number of amides is 1. The minimum atomic E-state index is -3.64. The molecule has 2 aliphatic rings. The lowest BCUT2D eigenvalue weighted by molar-refractivity contribution is -0.126. The van der Waals surface area contributed by atoms with Crippen molar-refractivity contribution < 1.29 is 17.6 Å². The predicted molar refractivity (Wildman–Crippen MR) is 123 cm³/mol. The summed E-state index contributed by atoms with van der Waals surface area (Å²) in [6.45, 7) is 1.87. The number of benzene rings is 2. The number of fused-ring (bicyclic) bond motifs is 1. The maximum Gasteiger partial charge on any atom is 0.240 e. The summed E-state index contributed by atoms with van der Waals surface area (Å²) < 4.78 is 41.6. The van der Waals surface area contributed by atoms with Crippen molar-refractivity contribution in [3.05, 3.63) is 71.0 Å². The molecule has 0 radical (unpaired) electrons. The summed E-state index contributed by atoms with van der Waals surface area (Å²) in [4.78, 5) is 12.9. The van der Waals surface area contributed by atoms with Crippen molar-refractivity contribution in [3.8, 4) is 0 Å². The summed E-state index contributed by atoms with van der Waals surface area (Å²) in [7, 11) is -3.64. The number of allylic oxidation sites excluding steroid dienone is 1. The van der Waals surface area contributed by atoms with Crippen molar-refractivity contribution >= 4 is 32.6 Å². The van der Waals surface area contributed by atoms with Gasteiger partial charge in [-0.15, -0.1) is 0 Å². The monoisotopic (exact) mass is 476 g/mol. The van der Waals surface area contributed by atoms with Crippen molar-refractivity contribution in [2.75, 3.05) is 0 Å². The first-order chi connectivity index (χ1) is 15.2. The average molecular weight is 477 g/mol. The van der Waals surface area contributed by atoms with E-state index in [4.69, 9.17) is 11.6 Å². The van der Waals surface area contributed by atoms with Crippen LogP contribution in [0.1, 0.15) is 55.3 Å². The Hall–Kier alpha value is -2.22. The number of carbonyl (C=O) groups excluding carboxylic acids is 1. The van der Waals surface area contributed by atoms with Gasteiger partial charge in [0.15, 0.2) is 0 Å². The zero-order valence-electron chi connectivity index (χ0n) is 17.8. The fourth-order valence-corrected chi connectivity index (χ4v) is 5.99. The van der Waals surface area contributed by atoms with Gasteiger partial charge in [-0.05, 0) is 80.0 Å². The SMILES string of the molecule is C[C@@H](NC(=O)C1CCC(NS(=O)(=O)c2ccc3c(c2)CC=C3Cl)CC1)c1ccc(F)cc1. The lowest BCUT2D eigenvalue weighted by atomic mass is 9.85. The van der Waals surface area contributed by atoms with E-state index >= 15 is 0 Å². The molecule has 0 unspecified atom stereocenters. The first kappa shape index (κ1) is 23.0. The van der Waals surface area contributed by atoms with E-state index in [1.807, 2.05) is 13.0 Å². The zero-order chi connectivity index (χ0) is 22.9. The molecule has 1 saturated carbocycles. The summed E-state index contributed by atoms with van der Waals surface area (Å²) in [5.74, 6) is -0.522. The molecular weight excluding hydrogens is 451 g/mol. The Labute approximate surface area is 193 Å². The van der Waals surface area contributed by atoms with Crippen LogP contribution < -0.4 is 10.0 Å². The summed E-state index contributed by atoms with van der Waals surface area (Å²) in [5, 5.41) is 3.64. The van der Waals surface area contributed by atoms with Crippen LogP contribution in [0.15, 0.2) is 53.4 Å². The summed E-state index contributed by atoms with van der Waals surface area (Å²) in [6, 6.07) is 10.7. The van der Waals surface area contributed by atoms with Crippen molar-refractivity contribution in [1.82, 2.24) is 10.0 Å². The van der Waals surface area contributed by atoms with Crippen LogP contribution in [-0.2, 0) is 21.2 Å².